The molecule has 1 aliphatic carbocycles. The van der Waals surface area contributed by atoms with Gasteiger partial charge in [0.15, 0.2) is 0 Å². The lowest BCUT2D eigenvalue weighted by Gasteiger charge is -2.43. The molecule has 0 radical (unpaired) electrons. The molecule has 1 aromatic heterocycles. The van der Waals surface area contributed by atoms with E-state index in [9.17, 15) is 29.1 Å². The van der Waals surface area contributed by atoms with Crippen molar-refractivity contribution in [1.29, 1.82) is 0 Å². The maximum atomic E-state index is 14.4. The highest BCUT2D eigenvalue weighted by molar-refractivity contribution is 9.10. The Morgan fingerprint density at radius 3 is 2.38 bits per heavy atom. The molecule has 1 saturated carbocycles. The van der Waals surface area contributed by atoms with Crippen molar-refractivity contribution in [3.8, 4) is 5.75 Å². The Morgan fingerprint density at radius 2 is 1.70 bits per heavy atom. The summed E-state index contributed by atoms with van der Waals surface area (Å²) in [5.41, 5.74) is 3.84. The number of aromatic nitrogens is 1. The molecule has 47 heavy (non-hydrogen) atoms. The van der Waals surface area contributed by atoms with E-state index >= 15 is 0 Å². The van der Waals surface area contributed by atoms with E-state index in [-0.39, 0.29) is 24.5 Å². The molecule has 0 spiro atoms. The second-order valence-electron chi connectivity index (χ2n) is 12.5. The first kappa shape index (κ1) is 31.5. The Hall–Kier alpha value is -4.10. The number of fused-ring (bicyclic) bond motifs is 2. The topological polar surface area (TPSA) is 137 Å². The van der Waals surface area contributed by atoms with Crippen LogP contribution in [-0.2, 0) is 16.0 Å². The van der Waals surface area contributed by atoms with Gasteiger partial charge in [-0.25, -0.2) is 0 Å². The van der Waals surface area contributed by atoms with Gasteiger partial charge in [0.1, 0.15) is 16.7 Å². The number of carbonyl (C=O) groups is 5. The van der Waals surface area contributed by atoms with Crippen LogP contribution in [-0.4, -0.2) is 86.7 Å². The van der Waals surface area contributed by atoms with Gasteiger partial charge in [0, 0.05) is 29.5 Å². The number of imide groups is 1. The summed E-state index contributed by atoms with van der Waals surface area (Å²) >= 11 is 4.98. The van der Waals surface area contributed by atoms with E-state index in [1.165, 1.54) is 16.2 Å². The van der Waals surface area contributed by atoms with E-state index in [1.807, 2.05) is 12.1 Å². The Kier molecular flexibility index (Phi) is 8.60. The zero-order chi connectivity index (χ0) is 32.8. The highest BCUT2D eigenvalue weighted by atomic mass is 79.9. The Labute approximate surface area is 283 Å². The SMILES string of the molecule is O=C(O)[C@@H]1CCCCC1C(=O)N1CCc2c(Br)ccc(O[C@H]3CCN(C(=O)c4cncs4)C3)c2[C@H]1CN1C(=O)c2ccccc2C1=O. The van der Waals surface area contributed by atoms with E-state index in [0.717, 1.165) is 22.9 Å². The molecule has 7 rings (SSSR count). The molecule has 1 N–H and O–H groups in total. The third-order valence-electron chi connectivity index (χ3n) is 9.86. The molecule has 3 aromatic rings. The van der Waals surface area contributed by atoms with Gasteiger partial charge in [-0.1, -0.05) is 40.9 Å². The van der Waals surface area contributed by atoms with Gasteiger partial charge in [-0.05, 0) is 49.1 Å². The van der Waals surface area contributed by atoms with Crippen LogP contribution in [0.4, 0.5) is 0 Å². The van der Waals surface area contributed by atoms with E-state index in [0.29, 0.717) is 72.6 Å². The number of likely N-dealkylation sites (tertiary alicyclic amines) is 1. The maximum absolute atomic E-state index is 14.4. The molecule has 4 atom stereocenters. The molecule has 4 aliphatic rings. The number of ether oxygens (including phenoxy) is 1. The number of carbonyl (C=O) groups excluding carboxylic acids is 4. The van der Waals surface area contributed by atoms with Gasteiger partial charge in [-0.15, -0.1) is 11.3 Å². The molecule has 4 amide bonds. The summed E-state index contributed by atoms with van der Waals surface area (Å²) in [7, 11) is 0. The van der Waals surface area contributed by atoms with Crippen LogP contribution in [0.5, 0.6) is 5.75 Å². The van der Waals surface area contributed by atoms with Crippen LogP contribution in [0.15, 0.2) is 52.6 Å². The van der Waals surface area contributed by atoms with Crippen molar-refractivity contribution in [2.75, 3.05) is 26.2 Å². The van der Waals surface area contributed by atoms with Crippen molar-refractivity contribution < 1.29 is 33.8 Å². The number of hydrogen-bond donors (Lipinski definition) is 1. The molecular formula is C34H33BrN4O7S. The molecule has 2 fully saturated rings. The van der Waals surface area contributed by atoms with Crippen LogP contribution in [0.2, 0.25) is 0 Å². The predicted molar refractivity (Wildman–Crippen MR) is 174 cm³/mol. The summed E-state index contributed by atoms with van der Waals surface area (Å²) in [5, 5.41) is 10.0. The summed E-state index contributed by atoms with van der Waals surface area (Å²) < 4.78 is 7.44. The molecule has 2 aromatic carbocycles. The standard InChI is InChI=1S/C34H33BrN4O7S/c35-25-9-10-27(46-19-11-13-37(16-19)33(43)28-15-36-18-47-28)29-24(25)12-14-38(30(40)22-7-3-4-8-23(22)34(44)45)26(29)17-39-31(41)20-5-1-2-6-21(20)32(39)42/h1-2,5-6,9-10,15,18-19,22-23,26H,3-4,7-8,11-14,16-17H2,(H,44,45)/t19-,22?,23+,26+/m0/s1. The highest BCUT2D eigenvalue weighted by Crippen LogP contribution is 2.44. The first-order valence-electron chi connectivity index (χ1n) is 15.9. The summed E-state index contributed by atoms with van der Waals surface area (Å²) in [6.07, 6.45) is 4.71. The van der Waals surface area contributed by atoms with Crippen LogP contribution < -0.4 is 4.74 Å². The summed E-state index contributed by atoms with van der Waals surface area (Å²) in [4.78, 5) is 76.0. The fourth-order valence-corrected chi connectivity index (χ4v) is 8.65. The second-order valence-corrected chi connectivity index (χ2v) is 14.2. The number of nitrogens with zero attached hydrogens (tertiary/aromatic N) is 4. The molecule has 3 aliphatic heterocycles. The number of carboxylic acid groups (broad SMARTS) is 1. The summed E-state index contributed by atoms with van der Waals surface area (Å²) in [6, 6.07) is 9.61. The minimum atomic E-state index is -0.984. The number of rotatable bonds is 7. The minimum Gasteiger partial charge on any atom is -0.488 e. The first-order chi connectivity index (χ1) is 22.7. The first-order valence-corrected chi connectivity index (χ1v) is 17.5. The molecular weight excluding hydrogens is 688 g/mol. The zero-order valence-corrected chi connectivity index (χ0v) is 27.9. The number of amides is 4. The van der Waals surface area contributed by atoms with Crippen molar-refractivity contribution in [2.45, 2.75) is 50.7 Å². The van der Waals surface area contributed by atoms with Gasteiger partial charge in [0.2, 0.25) is 5.91 Å². The third kappa shape index (κ3) is 5.73. The highest BCUT2D eigenvalue weighted by Gasteiger charge is 2.45. The van der Waals surface area contributed by atoms with Crippen LogP contribution in [0.3, 0.4) is 0 Å². The average molecular weight is 722 g/mol. The van der Waals surface area contributed by atoms with Crippen LogP contribution in [0.25, 0.3) is 0 Å². The van der Waals surface area contributed by atoms with E-state index in [4.69, 9.17) is 4.74 Å². The number of aliphatic carboxylic acids is 1. The van der Waals surface area contributed by atoms with Crippen LogP contribution in [0, 0.1) is 11.8 Å². The smallest absolute Gasteiger partial charge is 0.307 e. The number of carboxylic acids is 1. The van der Waals surface area contributed by atoms with Crippen LogP contribution in [0.1, 0.15) is 79.7 Å². The fraction of sp³-hybridized carbons (Fsp3) is 0.412. The lowest BCUT2D eigenvalue weighted by Crippen LogP contribution is -2.50. The van der Waals surface area contributed by atoms with Gasteiger partial charge >= 0.3 is 5.97 Å². The van der Waals surface area contributed by atoms with Gasteiger partial charge in [0.25, 0.3) is 17.7 Å². The average Bonchev–Trinajstić information content (AvgIpc) is 3.84. The minimum absolute atomic E-state index is 0.0998. The molecule has 244 valence electrons. The molecule has 4 heterocycles. The predicted octanol–water partition coefficient (Wildman–Crippen LogP) is 4.81. The van der Waals surface area contributed by atoms with Gasteiger partial charge in [0.05, 0.1) is 53.8 Å². The number of halogens is 1. The Bertz CT molecular complexity index is 1730. The Morgan fingerprint density at radius 1 is 0.979 bits per heavy atom. The molecule has 13 heteroatoms. The van der Waals surface area contributed by atoms with Crippen molar-refractivity contribution >= 4 is 56.9 Å². The van der Waals surface area contributed by atoms with Gasteiger partial charge in [-0.2, -0.15) is 0 Å². The molecule has 11 nitrogen and oxygen atoms in total. The zero-order valence-electron chi connectivity index (χ0n) is 25.5. The third-order valence-corrected chi connectivity index (χ3v) is 11.4. The lowest BCUT2D eigenvalue weighted by molar-refractivity contribution is -0.153. The second kappa shape index (κ2) is 12.8. The van der Waals surface area contributed by atoms with Crippen LogP contribution >= 0.6 is 27.3 Å². The molecule has 1 unspecified atom stereocenters. The van der Waals surface area contributed by atoms with Crippen molar-refractivity contribution in [2.24, 2.45) is 11.8 Å². The fourth-order valence-electron chi connectivity index (χ4n) is 7.51. The normalized spacial score (nSPS) is 23.9. The van der Waals surface area contributed by atoms with E-state index in [1.54, 1.807) is 45.8 Å². The van der Waals surface area contributed by atoms with Crippen molar-refractivity contribution in [3.05, 3.63) is 79.7 Å². The number of benzene rings is 2. The quantitative estimate of drug-likeness (QED) is 0.344. The monoisotopic (exact) mass is 720 g/mol. The van der Waals surface area contributed by atoms with E-state index < -0.39 is 35.7 Å². The maximum Gasteiger partial charge on any atom is 0.307 e. The molecule has 0 bridgehead atoms. The largest absolute Gasteiger partial charge is 0.488 e. The van der Waals surface area contributed by atoms with Gasteiger partial charge in [-0.3, -0.25) is 33.9 Å². The summed E-state index contributed by atoms with van der Waals surface area (Å²) in [5.74, 6) is -3.22. The van der Waals surface area contributed by atoms with Crippen molar-refractivity contribution in [3.63, 3.8) is 0 Å². The number of thiazole rings is 1. The number of hydrogen-bond acceptors (Lipinski definition) is 8. The van der Waals surface area contributed by atoms with Crippen molar-refractivity contribution in [1.82, 2.24) is 19.7 Å². The lowest BCUT2D eigenvalue weighted by atomic mass is 9.77. The Balaban J connectivity index is 1.24. The summed E-state index contributed by atoms with van der Waals surface area (Å²) in [6.45, 7) is 1.07. The van der Waals surface area contributed by atoms with E-state index in [2.05, 4.69) is 20.9 Å². The molecule has 1 saturated heterocycles. The van der Waals surface area contributed by atoms with Gasteiger partial charge < -0.3 is 19.6 Å².